The molecule has 152 valence electrons. The fourth-order valence-corrected chi connectivity index (χ4v) is 2.76. The molecular formula is C21H24N4O4. The molecule has 0 saturated carbocycles. The second kappa shape index (κ2) is 9.01. The molecule has 3 aromatic rings. The van der Waals surface area contributed by atoms with Gasteiger partial charge in [0.15, 0.2) is 0 Å². The average molecular weight is 396 g/mol. The van der Waals surface area contributed by atoms with Crippen molar-refractivity contribution in [3.63, 3.8) is 0 Å². The summed E-state index contributed by atoms with van der Waals surface area (Å²) in [5, 5.41) is 6.46. The molecule has 0 fully saturated rings. The minimum absolute atomic E-state index is 0.423. The van der Waals surface area contributed by atoms with Crippen LogP contribution in [0.5, 0.6) is 23.0 Å². The topological polar surface area (TPSA) is 86.8 Å². The van der Waals surface area contributed by atoms with Crippen molar-refractivity contribution < 1.29 is 18.9 Å². The van der Waals surface area contributed by atoms with E-state index in [1.807, 2.05) is 43.3 Å². The smallest absolute Gasteiger partial charge is 0.229 e. The van der Waals surface area contributed by atoms with Crippen molar-refractivity contribution in [2.45, 2.75) is 6.92 Å². The van der Waals surface area contributed by atoms with Crippen LogP contribution < -0.4 is 29.6 Å². The lowest BCUT2D eigenvalue weighted by atomic mass is 10.2. The molecule has 0 amide bonds. The highest BCUT2D eigenvalue weighted by atomic mass is 16.5. The lowest BCUT2D eigenvalue weighted by Crippen LogP contribution is -2.04. The van der Waals surface area contributed by atoms with Gasteiger partial charge in [-0.15, -0.1) is 0 Å². The first-order chi connectivity index (χ1) is 14.1. The minimum Gasteiger partial charge on any atom is -0.497 e. The molecule has 0 radical (unpaired) electrons. The molecule has 29 heavy (non-hydrogen) atoms. The Labute approximate surface area is 169 Å². The Morgan fingerprint density at radius 3 is 2.03 bits per heavy atom. The highest BCUT2D eigenvalue weighted by Gasteiger charge is 2.11. The Morgan fingerprint density at radius 2 is 1.34 bits per heavy atom. The van der Waals surface area contributed by atoms with Gasteiger partial charge in [0.25, 0.3) is 0 Å². The van der Waals surface area contributed by atoms with Crippen LogP contribution in [-0.4, -0.2) is 38.4 Å². The molecule has 2 N–H and O–H groups in total. The van der Waals surface area contributed by atoms with Crippen LogP contribution >= 0.6 is 0 Å². The number of benzene rings is 2. The summed E-state index contributed by atoms with van der Waals surface area (Å²) in [6.45, 7) is 1.89. The quantitative estimate of drug-likeness (QED) is 0.583. The molecule has 0 unspecified atom stereocenters. The predicted molar refractivity (Wildman–Crippen MR) is 112 cm³/mol. The van der Waals surface area contributed by atoms with Crippen LogP contribution in [0.4, 0.5) is 23.1 Å². The molecule has 1 heterocycles. The zero-order chi connectivity index (χ0) is 20.8. The fourth-order valence-electron chi connectivity index (χ4n) is 2.76. The van der Waals surface area contributed by atoms with Gasteiger partial charge in [-0.05, 0) is 31.2 Å². The molecule has 0 bridgehead atoms. The molecular weight excluding hydrogens is 372 g/mol. The first kappa shape index (κ1) is 20.1. The standard InChI is InChI=1S/C21H24N4O4/c1-13-10-20(23-16-8-6-15(27-3)12-19(16)29-5)25-21(22-13)24-17-11-14(26-2)7-9-18(17)28-4/h6-12H,1-5H3,(H2,22,23,24,25). The van der Waals surface area contributed by atoms with E-state index in [2.05, 4.69) is 20.6 Å². The number of nitrogens with one attached hydrogen (secondary N) is 2. The highest BCUT2D eigenvalue weighted by Crippen LogP contribution is 2.33. The van der Waals surface area contributed by atoms with Crippen LogP contribution in [-0.2, 0) is 0 Å². The lowest BCUT2D eigenvalue weighted by molar-refractivity contribution is 0.395. The maximum atomic E-state index is 5.44. The van der Waals surface area contributed by atoms with E-state index in [0.717, 1.165) is 11.4 Å². The molecule has 2 aromatic carbocycles. The van der Waals surface area contributed by atoms with Crippen LogP contribution in [0, 0.1) is 6.92 Å². The zero-order valence-electron chi connectivity index (χ0n) is 17.1. The first-order valence-electron chi connectivity index (χ1n) is 8.90. The van der Waals surface area contributed by atoms with Gasteiger partial charge < -0.3 is 29.6 Å². The largest absolute Gasteiger partial charge is 0.497 e. The number of hydrogen-bond donors (Lipinski definition) is 2. The van der Waals surface area contributed by atoms with Crippen LogP contribution in [0.15, 0.2) is 42.5 Å². The van der Waals surface area contributed by atoms with E-state index in [4.69, 9.17) is 18.9 Å². The molecule has 8 nitrogen and oxygen atoms in total. The van der Waals surface area contributed by atoms with E-state index < -0.39 is 0 Å². The third-order valence-corrected chi connectivity index (χ3v) is 4.18. The second-order valence-electron chi connectivity index (χ2n) is 6.10. The summed E-state index contributed by atoms with van der Waals surface area (Å²) in [6.07, 6.45) is 0. The van der Waals surface area contributed by atoms with Gasteiger partial charge in [0.1, 0.15) is 28.8 Å². The number of methoxy groups -OCH3 is 4. The normalized spacial score (nSPS) is 10.2. The summed E-state index contributed by atoms with van der Waals surface area (Å²) < 4.78 is 21.4. The van der Waals surface area contributed by atoms with E-state index in [-0.39, 0.29) is 0 Å². The van der Waals surface area contributed by atoms with Gasteiger partial charge in [0, 0.05) is 23.9 Å². The molecule has 8 heteroatoms. The number of aryl methyl sites for hydroxylation is 1. The maximum absolute atomic E-state index is 5.44. The van der Waals surface area contributed by atoms with Gasteiger partial charge in [-0.2, -0.15) is 4.98 Å². The lowest BCUT2D eigenvalue weighted by Gasteiger charge is -2.15. The van der Waals surface area contributed by atoms with Crippen molar-refractivity contribution in [3.05, 3.63) is 48.2 Å². The van der Waals surface area contributed by atoms with Crippen LogP contribution in [0.3, 0.4) is 0 Å². The van der Waals surface area contributed by atoms with E-state index >= 15 is 0 Å². The zero-order valence-corrected chi connectivity index (χ0v) is 17.1. The Morgan fingerprint density at radius 1 is 0.655 bits per heavy atom. The van der Waals surface area contributed by atoms with Gasteiger partial charge in [0.2, 0.25) is 5.95 Å². The molecule has 0 atom stereocenters. The fraction of sp³-hybridized carbons (Fsp3) is 0.238. The van der Waals surface area contributed by atoms with Crippen molar-refractivity contribution in [1.29, 1.82) is 0 Å². The summed E-state index contributed by atoms with van der Waals surface area (Å²) >= 11 is 0. The van der Waals surface area contributed by atoms with Crippen LogP contribution in [0.25, 0.3) is 0 Å². The summed E-state index contributed by atoms with van der Waals surface area (Å²) in [5.41, 5.74) is 2.25. The molecule has 0 spiro atoms. The second-order valence-corrected chi connectivity index (χ2v) is 6.10. The van der Waals surface area contributed by atoms with E-state index in [1.54, 1.807) is 34.5 Å². The minimum atomic E-state index is 0.423. The summed E-state index contributed by atoms with van der Waals surface area (Å²) in [6, 6.07) is 12.8. The molecule has 1 aromatic heterocycles. The molecule has 0 saturated heterocycles. The van der Waals surface area contributed by atoms with Crippen LogP contribution in [0.2, 0.25) is 0 Å². The summed E-state index contributed by atoms with van der Waals surface area (Å²) in [4.78, 5) is 9.02. The molecule has 0 aliphatic heterocycles. The predicted octanol–water partition coefficient (Wildman–Crippen LogP) is 4.31. The van der Waals surface area contributed by atoms with Crippen molar-refractivity contribution in [2.75, 3.05) is 39.1 Å². The summed E-state index contributed by atoms with van der Waals surface area (Å²) in [7, 11) is 6.43. The van der Waals surface area contributed by atoms with Crippen molar-refractivity contribution in [3.8, 4) is 23.0 Å². The SMILES string of the molecule is COc1ccc(OC)c(Nc2nc(C)cc(Nc3ccc(OC)cc3OC)n2)c1. The number of rotatable bonds is 8. The molecule has 0 aliphatic carbocycles. The van der Waals surface area contributed by atoms with Gasteiger partial charge in [-0.25, -0.2) is 4.98 Å². The van der Waals surface area contributed by atoms with Crippen molar-refractivity contribution >= 4 is 23.1 Å². The van der Waals surface area contributed by atoms with E-state index in [1.165, 1.54) is 0 Å². The Bertz CT molecular complexity index is 994. The summed E-state index contributed by atoms with van der Waals surface area (Å²) in [5.74, 6) is 3.74. The van der Waals surface area contributed by atoms with E-state index in [0.29, 0.717) is 40.5 Å². The molecule has 0 aliphatic rings. The third-order valence-electron chi connectivity index (χ3n) is 4.18. The Balaban J connectivity index is 1.90. The number of hydrogen-bond acceptors (Lipinski definition) is 8. The van der Waals surface area contributed by atoms with Crippen LogP contribution in [0.1, 0.15) is 5.69 Å². The number of anilines is 4. The van der Waals surface area contributed by atoms with Gasteiger partial charge in [-0.1, -0.05) is 0 Å². The highest BCUT2D eigenvalue weighted by molar-refractivity contribution is 5.68. The maximum Gasteiger partial charge on any atom is 0.229 e. The average Bonchev–Trinajstić information content (AvgIpc) is 2.73. The van der Waals surface area contributed by atoms with Crippen molar-refractivity contribution in [1.82, 2.24) is 9.97 Å². The number of ether oxygens (including phenoxy) is 4. The Kier molecular flexibility index (Phi) is 6.23. The number of nitrogens with zero attached hydrogens (tertiary/aromatic N) is 2. The van der Waals surface area contributed by atoms with Gasteiger partial charge in [0.05, 0.1) is 39.8 Å². The third kappa shape index (κ3) is 4.78. The Hall–Kier alpha value is -3.68. The van der Waals surface area contributed by atoms with Crippen molar-refractivity contribution in [2.24, 2.45) is 0 Å². The molecule has 3 rings (SSSR count). The first-order valence-corrected chi connectivity index (χ1v) is 8.90. The van der Waals surface area contributed by atoms with E-state index in [9.17, 15) is 0 Å². The van der Waals surface area contributed by atoms with Gasteiger partial charge in [-0.3, -0.25) is 0 Å². The number of aromatic nitrogens is 2. The monoisotopic (exact) mass is 396 g/mol. The van der Waals surface area contributed by atoms with Gasteiger partial charge >= 0.3 is 0 Å².